The number of halogens is 1. The number of rotatable bonds is 2. The van der Waals surface area contributed by atoms with Gasteiger partial charge in [0.2, 0.25) is 0 Å². The number of amides is 1. The standard InChI is InChI=1S/C10H16FNO3/c1-6-4-12(5-7(6)8(13)14)9(15)10(2,3)11/h6-7H,4-5H2,1-3H3,(H,13,14)/t6-,7-/m1/s1. The number of carboxylic acids is 1. The zero-order valence-electron chi connectivity index (χ0n) is 9.16. The Kier molecular flexibility index (Phi) is 3.02. The Balaban J connectivity index is 2.71. The van der Waals surface area contributed by atoms with E-state index in [0.29, 0.717) is 6.54 Å². The summed E-state index contributed by atoms with van der Waals surface area (Å²) in [4.78, 5) is 23.6. The van der Waals surface area contributed by atoms with Crippen molar-refractivity contribution in [2.24, 2.45) is 11.8 Å². The molecule has 1 rings (SSSR count). The fraction of sp³-hybridized carbons (Fsp3) is 0.800. The number of hydrogen-bond donors (Lipinski definition) is 1. The molecule has 0 bridgehead atoms. The average molecular weight is 217 g/mol. The summed E-state index contributed by atoms with van der Waals surface area (Å²) < 4.78 is 13.4. The minimum Gasteiger partial charge on any atom is -0.481 e. The van der Waals surface area contributed by atoms with Crippen LogP contribution in [0.2, 0.25) is 0 Å². The largest absolute Gasteiger partial charge is 0.481 e. The van der Waals surface area contributed by atoms with Crippen molar-refractivity contribution in [3.63, 3.8) is 0 Å². The average Bonchev–Trinajstić information content (AvgIpc) is 2.44. The van der Waals surface area contributed by atoms with E-state index >= 15 is 0 Å². The molecule has 0 radical (unpaired) electrons. The normalized spacial score (nSPS) is 26.8. The lowest BCUT2D eigenvalue weighted by Crippen LogP contribution is -2.41. The first-order valence-corrected chi connectivity index (χ1v) is 4.94. The highest BCUT2D eigenvalue weighted by molar-refractivity contribution is 5.85. The Labute approximate surface area is 88.1 Å². The van der Waals surface area contributed by atoms with Crippen LogP contribution in [0, 0.1) is 11.8 Å². The fourth-order valence-corrected chi connectivity index (χ4v) is 1.83. The second kappa shape index (κ2) is 3.79. The van der Waals surface area contributed by atoms with Crippen molar-refractivity contribution in [1.82, 2.24) is 4.90 Å². The van der Waals surface area contributed by atoms with Crippen LogP contribution < -0.4 is 0 Å². The lowest BCUT2D eigenvalue weighted by atomic mass is 9.99. The van der Waals surface area contributed by atoms with Gasteiger partial charge in [-0.2, -0.15) is 0 Å². The van der Waals surface area contributed by atoms with Gasteiger partial charge in [-0.1, -0.05) is 6.92 Å². The minimum atomic E-state index is -1.92. The lowest BCUT2D eigenvalue weighted by molar-refractivity contribution is -0.143. The molecule has 0 spiro atoms. The lowest BCUT2D eigenvalue weighted by Gasteiger charge is -2.22. The van der Waals surface area contributed by atoms with Crippen LogP contribution in [-0.4, -0.2) is 40.6 Å². The molecule has 1 aliphatic heterocycles. The SMILES string of the molecule is C[C@@H]1CN(C(=O)C(C)(C)F)C[C@H]1C(=O)O. The molecule has 1 amide bonds. The van der Waals surface area contributed by atoms with Crippen LogP contribution in [0.4, 0.5) is 4.39 Å². The molecule has 1 heterocycles. The third kappa shape index (κ3) is 2.46. The highest BCUT2D eigenvalue weighted by Gasteiger charge is 2.41. The molecule has 1 aliphatic rings. The maximum atomic E-state index is 13.4. The molecule has 1 N–H and O–H groups in total. The maximum absolute atomic E-state index is 13.4. The van der Waals surface area contributed by atoms with Crippen molar-refractivity contribution < 1.29 is 19.1 Å². The summed E-state index contributed by atoms with van der Waals surface area (Å²) in [6, 6.07) is 0. The van der Waals surface area contributed by atoms with Gasteiger partial charge in [-0.3, -0.25) is 9.59 Å². The Morgan fingerprint density at radius 1 is 1.40 bits per heavy atom. The number of carboxylic acid groups (broad SMARTS) is 1. The third-order valence-corrected chi connectivity index (χ3v) is 2.73. The first kappa shape index (κ1) is 11.9. The molecule has 4 nitrogen and oxygen atoms in total. The van der Waals surface area contributed by atoms with Gasteiger partial charge < -0.3 is 10.0 Å². The van der Waals surface area contributed by atoms with Crippen LogP contribution >= 0.6 is 0 Å². The molecule has 0 aromatic heterocycles. The zero-order valence-corrected chi connectivity index (χ0v) is 9.16. The van der Waals surface area contributed by atoms with E-state index in [1.54, 1.807) is 6.92 Å². The number of carbonyl (C=O) groups is 2. The van der Waals surface area contributed by atoms with Crippen molar-refractivity contribution >= 4 is 11.9 Å². The molecule has 0 aromatic rings. The van der Waals surface area contributed by atoms with Crippen molar-refractivity contribution in [1.29, 1.82) is 0 Å². The van der Waals surface area contributed by atoms with Gasteiger partial charge in [0.1, 0.15) is 0 Å². The predicted octanol–water partition coefficient (Wildman–Crippen LogP) is 0.914. The van der Waals surface area contributed by atoms with Gasteiger partial charge in [0.25, 0.3) is 5.91 Å². The molecule has 0 aliphatic carbocycles. The second-order valence-electron chi connectivity index (χ2n) is 4.60. The topological polar surface area (TPSA) is 57.6 Å². The predicted molar refractivity (Wildman–Crippen MR) is 52.1 cm³/mol. The van der Waals surface area contributed by atoms with E-state index in [-0.39, 0.29) is 12.5 Å². The van der Waals surface area contributed by atoms with E-state index in [1.807, 2.05) is 0 Å². The summed E-state index contributed by atoms with van der Waals surface area (Å²) in [5.74, 6) is -2.24. The highest BCUT2D eigenvalue weighted by Crippen LogP contribution is 2.26. The highest BCUT2D eigenvalue weighted by atomic mass is 19.1. The Morgan fingerprint density at radius 3 is 2.27 bits per heavy atom. The number of nitrogens with zero attached hydrogens (tertiary/aromatic N) is 1. The second-order valence-corrected chi connectivity index (χ2v) is 4.60. The quantitative estimate of drug-likeness (QED) is 0.748. The molecule has 1 saturated heterocycles. The summed E-state index contributed by atoms with van der Waals surface area (Å²) in [5.41, 5.74) is -1.92. The minimum absolute atomic E-state index is 0.114. The van der Waals surface area contributed by atoms with Gasteiger partial charge in [0.15, 0.2) is 5.67 Å². The van der Waals surface area contributed by atoms with E-state index in [9.17, 15) is 14.0 Å². The number of carbonyl (C=O) groups excluding carboxylic acids is 1. The summed E-state index contributed by atoms with van der Waals surface area (Å²) in [6.45, 7) is 4.57. The Morgan fingerprint density at radius 2 is 1.93 bits per heavy atom. The molecule has 86 valence electrons. The Hall–Kier alpha value is -1.13. The number of aliphatic carboxylic acids is 1. The molecule has 15 heavy (non-hydrogen) atoms. The number of likely N-dealkylation sites (tertiary alicyclic amines) is 1. The van der Waals surface area contributed by atoms with Gasteiger partial charge >= 0.3 is 5.97 Å². The first-order chi connectivity index (χ1) is 6.73. The van der Waals surface area contributed by atoms with Crippen molar-refractivity contribution in [3.8, 4) is 0 Å². The van der Waals surface area contributed by atoms with E-state index in [4.69, 9.17) is 5.11 Å². The smallest absolute Gasteiger partial charge is 0.308 e. The molecule has 5 heteroatoms. The third-order valence-electron chi connectivity index (χ3n) is 2.73. The zero-order chi connectivity index (χ0) is 11.8. The molecular formula is C10H16FNO3. The van der Waals surface area contributed by atoms with Crippen molar-refractivity contribution in [3.05, 3.63) is 0 Å². The van der Waals surface area contributed by atoms with Crippen LogP contribution in [-0.2, 0) is 9.59 Å². The first-order valence-electron chi connectivity index (χ1n) is 4.94. The van der Waals surface area contributed by atoms with Crippen LogP contribution in [0.3, 0.4) is 0 Å². The number of alkyl halides is 1. The molecule has 2 atom stereocenters. The van der Waals surface area contributed by atoms with E-state index in [1.165, 1.54) is 18.7 Å². The van der Waals surface area contributed by atoms with Crippen molar-refractivity contribution in [2.75, 3.05) is 13.1 Å². The summed E-state index contributed by atoms with van der Waals surface area (Å²) in [7, 11) is 0. The van der Waals surface area contributed by atoms with Crippen molar-refractivity contribution in [2.45, 2.75) is 26.4 Å². The van der Waals surface area contributed by atoms with E-state index in [0.717, 1.165) is 0 Å². The van der Waals surface area contributed by atoms with Crippen LogP contribution in [0.1, 0.15) is 20.8 Å². The van der Waals surface area contributed by atoms with Crippen LogP contribution in [0.25, 0.3) is 0 Å². The van der Waals surface area contributed by atoms with Gasteiger partial charge in [-0.05, 0) is 19.8 Å². The molecule has 0 unspecified atom stereocenters. The number of hydrogen-bond acceptors (Lipinski definition) is 2. The van der Waals surface area contributed by atoms with Crippen LogP contribution in [0.15, 0.2) is 0 Å². The molecule has 0 saturated carbocycles. The summed E-state index contributed by atoms with van der Waals surface area (Å²) >= 11 is 0. The van der Waals surface area contributed by atoms with Gasteiger partial charge in [0, 0.05) is 13.1 Å². The molecule has 1 fully saturated rings. The summed E-state index contributed by atoms with van der Waals surface area (Å²) in [5, 5.41) is 8.85. The van der Waals surface area contributed by atoms with Gasteiger partial charge in [-0.25, -0.2) is 4.39 Å². The summed E-state index contributed by atoms with van der Waals surface area (Å²) in [6.07, 6.45) is 0. The van der Waals surface area contributed by atoms with E-state index < -0.39 is 23.5 Å². The fourth-order valence-electron chi connectivity index (χ4n) is 1.83. The maximum Gasteiger partial charge on any atom is 0.308 e. The Bertz CT molecular complexity index is 285. The van der Waals surface area contributed by atoms with E-state index in [2.05, 4.69) is 0 Å². The van der Waals surface area contributed by atoms with Crippen LogP contribution in [0.5, 0.6) is 0 Å². The molecule has 0 aromatic carbocycles. The monoisotopic (exact) mass is 217 g/mol. The van der Waals surface area contributed by atoms with Gasteiger partial charge in [-0.15, -0.1) is 0 Å². The molecular weight excluding hydrogens is 201 g/mol. The van der Waals surface area contributed by atoms with Gasteiger partial charge in [0.05, 0.1) is 5.92 Å².